The van der Waals surface area contributed by atoms with Crippen molar-refractivity contribution in [2.24, 2.45) is 0 Å². The van der Waals surface area contributed by atoms with Gasteiger partial charge in [-0.15, -0.1) is 0 Å². The molecule has 0 N–H and O–H groups in total. The van der Waals surface area contributed by atoms with E-state index >= 15 is 0 Å². The Balaban J connectivity index is 2.61. The normalized spacial score (nSPS) is 11.9. The van der Waals surface area contributed by atoms with Crippen LogP contribution in [-0.4, -0.2) is 13.2 Å². The van der Waals surface area contributed by atoms with E-state index in [2.05, 4.69) is 0 Å². The Morgan fingerprint density at radius 2 is 1.79 bits per heavy atom. The zero-order chi connectivity index (χ0) is 13.9. The molecular formula is C13H15O5P. The van der Waals surface area contributed by atoms with Crippen LogP contribution in [0.3, 0.4) is 0 Å². The molecule has 0 fully saturated rings. The molecule has 0 aliphatic carbocycles. The van der Waals surface area contributed by atoms with Crippen molar-refractivity contribution < 1.29 is 18.0 Å². The molecule has 0 unspecified atom stereocenters. The summed E-state index contributed by atoms with van der Waals surface area (Å²) in [4.78, 5) is 12.0. The van der Waals surface area contributed by atoms with Gasteiger partial charge >= 0.3 is 7.60 Å². The molecule has 0 spiro atoms. The molecule has 1 heterocycles. The summed E-state index contributed by atoms with van der Waals surface area (Å²) in [6.07, 6.45) is 0. The largest absolute Gasteiger partial charge is 0.448 e. The van der Waals surface area contributed by atoms with Gasteiger partial charge in [-0.05, 0) is 26.0 Å². The molecule has 0 saturated heterocycles. The molecule has 6 heteroatoms. The van der Waals surface area contributed by atoms with Crippen LogP contribution in [0.2, 0.25) is 0 Å². The van der Waals surface area contributed by atoms with Crippen LogP contribution in [0, 0.1) is 0 Å². The van der Waals surface area contributed by atoms with Gasteiger partial charge in [0.2, 0.25) is 5.50 Å². The summed E-state index contributed by atoms with van der Waals surface area (Å²) in [6, 6.07) is 7.94. The minimum Gasteiger partial charge on any atom is -0.448 e. The lowest BCUT2D eigenvalue weighted by Crippen LogP contribution is -2.16. The van der Waals surface area contributed by atoms with Gasteiger partial charge in [-0.1, -0.05) is 12.1 Å². The number of para-hydroxylation sites is 1. The highest BCUT2D eigenvalue weighted by molar-refractivity contribution is 7.61. The molecule has 5 nitrogen and oxygen atoms in total. The van der Waals surface area contributed by atoms with Gasteiger partial charge in [-0.3, -0.25) is 9.36 Å². The average Bonchev–Trinajstić information content (AvgIpc) is 2.39. The van der Waals surface area contributed by atoms with E-state index in [4.69, 9.17) is 13.5 Å². The van der Waals surface area contributed by atoms with Crippen molar-refractivity contribution in [2.75, 3.05) is 13.2 Å². The quantitative estimate of drug-likeness (QED) is 0.789. The van der Waals surface area contributed by atoms with Gasteiger partial charge < -0.3 is 13.5 Å². The fraction of sp³-hybridized carbons (Fsp3) is 0.308. The van der Waals surface area contributed by atoms with Crippen LogP contribution in [-0.2, 0) is 13.6 Å². The molecule has 19 heavy (non-hydrogen) atoms. The third-order valence-corrected chi connectivity index (χ3v) is 4.45. The van der Waals surface area contributed by atoms with Gasteiger partial charge in [-0.25, -0.2) is 0 Å². The van der Waals surface area contributed by atoms with Gasteiger partial charge in [0.05, 0.1) is 18.6 Å². The van der Waals surface area contributed by atoms with E-state index in [0.29, 0.717) is 11.0 Å². The lowest BCUT2D eigenvalue weighted by molar-refractivity contribution is 0.225. The van der Waals surface area contributed by atoms with Crippen molar-refractivity contribution in [1.82, 2.24) is 0 Å². The maximum absolute atomic E-state index is 12.5. The molecular weight excluding hydrogens is 267 g/mol. The summed E-state index contributed by atoms with van der Waals surface area (Å²) in [5.41, 5.74) is 0.0426. The number of hydrogen-bond donors (Lipinski definition) is 0. The van der Waals surface area contributed by atoms with Crippen LogP contribution in [0.5, 0.6) is 0 Å². The monoisotopic (exact) mass is 282 g/mol. The lowest BCUT2D eigenvalue weighted by Gasteiger charge is -2.15. The van der Waals surface area contributed by atoms with Crippen molar-refractivity contribution in [3.63, 3.8) is 0 Å². The minimum atomic E-state index is -3.57. The van der Waals surface area contributed by atoms with E-state index in [1.807, 2.05) is 0 Å². The predicted octanol–water partition coefficient (Wildman–Crippen LogP) is 2.68. The van der Waals surface area contributed by atoms with Crippen molar-refractivity contribution >= 4 is 24.1 Å². The van der Waals surface area contributed by atoms with Gasteiger partial charge in [0.15, 0.2) is 5.43 Å². The predicted molar refractivity (Wildman–Crippen MR) is 73.0 cm³/mol. The van der Waals surface area contributed by atoms with Crippen molar-refractivity contribution in [2.45, 2.75) is 13.8 Å². The summed E-state index contributed by atoms with van der Waals surface area (Å²) in [5.74, 6) is 0. The standard InChI is InChI=1S/C13H15O5P/c1-3-16-19(15,17-4-2)13-9-11(14)10-7-5-6-8-12(10)18-13/h5-9H,3-4H2,1-2H3. The third kappa shape index (κ3) is 2.78. The molecule has 0 radical (unpaired) electrons. The van der Waals surface area contributed by atoms with Crippen molar-refractivity contribution in [1.29, 1.82) is 0 Å². The van der Waals surface area contributed by atoms with E-state index in [9.17, 15) is 9.36 Å². The molecule has 0 amide bonds. The summed E-state index contributed by atoms with van der Waals surface area (Å²) >= 11 is 0. The first kappa shape index (κ1) is 14.0. The van der Waals surface area contributed by atoms with Crippen LogP contribution in [0.4, 0.5) is 0 Å². The molecule has 2 aromatic rings. The highest BCUT2D eigenvalue weighted by atomic mass is 31.2. The topological polar surface area (TPSA) is 65.7 Å². The molecule has 102 valence electrons. The number of rotatable bonds is 5. The molecule has 1 aromatic heterocycles. The van der Waals surface area contributed by atoms with E-state index in [0.717, 1.165) is 0 Å². The first-order valence-corrected chi connectivity index (χ1v) is 7.57. The first-order chi connectivity index (χ1) is 9.10. The average molecular weight is 282 g/mol. The molecule has 1 aromatic carbocycles. The van der Waals surface area contributed by atoms with E-state index in [-0.39, 0.29) is 24.1 Å². The smallest absolute Gasteiger partial charge is 0.396 e. The summed E-state index contributed by atoms with van der Waals surface area (Å²) < 4.78 is 28.4. The fourth-order valence-corrected chi connectivity index (χ4v) is 3.22. The van der Waals surface area contributed by atoms with Crippen LogP contribution in [0.1, 0.15) is 13.8 Å². The summed E-state index contributed by atoms with van der Waals surface area (Å²) in [6.45, 7) is 3.80. The second-order valence-corrected chi connectivity index (χ2v) is 5.73. The molecule has 0 aliphatic heterocycles. The van der Waals surface area contributed by atoms with E-state index in [1.165, 1.54) is 6.07 Å². The van der Waals surface area contributed by atoms with E-state index < -0.39 is 7.60 Å². The third-order valence-electron chi connectivity index (χ3n) is 2.49. The lowest BCUT2D eigenvalue weighted by atomic mass is 10.2. The first-order valence-electron chi connectivity index (χ1n) is 6.03. The second kappa shape index (κ2) is 5.70. The number of benzene rings is 1. The maximum atomic E-state index is 12.5. The maximum Gasteiger partial charge on any atom is 0.396 e. The summed E-state index contributed by atoms with van der Waals surface area (Å²) in [5, 5.41) is 0.436. The highest BCUT2D eigenvalue weighted by Gasteiger charge is 2.30. The Morgan fingerprint density at radius 3 is 2.42 bits per heavy atom. The molecule has 0 atom stereocenters. The Hall–Kier alpha value is -1.42. The van der Waals surface area contributed by atoms with E-state index in [1.54, 1.807) is 38.1 Å². The minimum absolute atomic E-state index is 0.0556. The number of hydrogen-bond acceptors (Lipinski definition) is 5. The Morgan fingerprint density at radius 1 is 1.16 bits per heavy atom. The second-order valence-electron chi connectivity index (χ2n) is 3.78. The van der Waals surface area contributed by atoms with Crippen molar-refractivity contribution in [3.8, 4) is 0 Å². The SMILES string of the molecule is CCOP(=O)(OCC)c1cc(=O)c2ccccc2o1. The van der Waals surface area contributed by atoms with Gasteiger partial charge in [-0.2, -0.15) is 0 Å². The Labute approximate surface area is 110 Å². The zero-order valence-electron chi connectivity index (χ0n) is 10.8. The van der Waals surface area contributed by atoms with Gasteiger partial charge in [0, 0.05) is 6.07 Å². The van der Waals surface area contributed by atoms with Gasteiger partial charge in [0.1, 0.15) is 5.58 Å². The molecule has 0 bridgehead atoms. The zero-order valence-corrected chi connectivity index (χ0v) is 11.7. The van der Waals surface area contributed by atoms with Crippen molar-refractivity contribution in [3.05, 3.63) is 40.6 Å². The fourth-order valence-electron chi connectivity index (χ4n) is 1.73. The van der Waals surface area contributed by atoms with Crippen LogP contribution < -0.4 is 10.9 Å². The molecule has 2 rings (SSSR count). The molecule has 0 saturated carbocycles. The summed E-state index contributed by atoms with van der Waals surface area (Å²) in [7, 11) is -3.57. The van der Waals surface area contributed by atoms with Gasteiger partial charge in [0.25, 0.3) is 0 Å². The van der Waals surface area contributed by atoms with Crippen LogP contribution in [0.15, 0.2) is 39.5 Å². The molecule has 0 aliphatic rings. The number of fused-ring (bicyclic) bond motifs is 1. The van der Waals surface area contributed by atoms with Crippen LogP contribution in [0.25, 0.3) is 11.0 Å². The highest BCUT2D eigenvalue weighted by Crippen LogP contribution is 2.46. The van der Waals surface area contributed by atoms with Crippen LogP contribution >= 0.6 is 7.60 Å². The Kier molecular flexibility index (Phi) is 4.20. The Bertz CT molecular complexity index is 666.